The molecule has 1 N–H and O–H groups in total. The number of carbonyl (C=O) groups excluding carboxylic acids is 2. The number of nitrogens with zero attached hydrogens (tertiary/aromatic N) is 3. The fourth-order valence-corrected chi connectivity index (χ4v) is 2.75. The van der Waals surface area contributed by atoms with Gasteiger partial charge >= 0.3 is 5.97 Å². The molecule has 0 saturated heterocycles. The van der Waals surface area contributed by atoms with Crippen LogP contribution >= 0.6 is 0 Å². The molecule has 0 aliphatic rings. The van der Waals surface area contributed by atoms with E-state index in [0.717, 1.165) is 35.3 Å². The number of ether oxygens (including phenoxy) is 1. The van der Waals surface area contributed by atoms with Crippen molar-refractivity contribution in [3.05, 3.63) is 81.4 Å². The number of aryl methyl sites for hydroxylation is 2. The Morgan fingerprint density at radius 1 is 1.17 bits per heavy atom. The number of aromatic nitrogens is 2. The van der Waals surface area contributed by atoms with E-state index >= 15 is 0 Å². The van der Waals surface area contributed by atoms with Crippen LogP contribution < -0.4 is 5.32 Å². The van der Waals surface area contributed by atoms with E-state index in [4.69, 9.17) is 4.74 Å². The summed E-state index contributed by atoms with van der Waals surface area (Å²) >= 11 is 0. The first kappa shape index (κ1) is 20.6. The van der Waals surface area contributed by atoms with Crippen LogP contribution in [0.5, 0.6) is 0 Å². The number of hydrogen-bond acceptors (Lipinski definition) is 6. The van der Waals surface area contributed by atoms with Crippen LogP contribution in [0.4, 0.5) is 15.8 Å². The van der Waals surface area contributed by atoms with Gasteiger partial charge in [0.15, 0.2) is 6.61 Å². The first-order valence-corrected chi connectivity index (χ1v) is 8.79. The number of benzene rings is 2. The normalized spacial score (nSPS) is 10.5. The molecule has 0 spiro atoms. The van der Waals surface area contributed by atoms with Crippen molar-refractivity contribution in [1.29, 1.82) is 0 Å². The van der Waals surface area contributed by atoms with Crippen LogP contribution in [-0.4, -0.2) is 33.2 Å². The van der Waals surface area contributed by atoms with Gasteiger partial charge in [0.05, 0.1) is 27.6 Å². The Morgan fingerprint density at radius 2 is 1.87 bits per heavy atom. The topological polar surface area (TPSA) is 116 Å². The molecule has 1 amide bonds. The quantitative estimate of drug-likeness (QED) is 0.377. The number of non-ortho nitro benzene ring substituents is 1. The summed E-state index contributed by atoms with van der Waals surface area (Å²) < 4.78 is 20.4. The summed E-state index contributed by atoms with van der Waals surface area (Å²) in [7, 11) is 0. The second kappa shape index (κ2) is 8.52. The Balaban J connectivity index is 1.60. The molecule has 9 nitrogen and oxygen atoms in total. The molecule has 0 bridgehead atoms. The maximum Gasteiger partial charge on any atom is 0.338 e. The van der Waals surface area contributed by atoms with Gasteiger partial charge in [-0.25, -0.2) is 13.9 Å². The molecule has 0 atom stereocenters. The smallest absolute Gasteiger partial charge is 0.338 e. The second-order valence-corrected chi connectivity index (χ2v) is 6.43. The third kappa shape index (κ3) is 4.66. The monoisotopic (exact) mass is 412 g/mol. The van der Waals surface area contributed by atoms with Gasteiger partial charge in [-0.2, -0.15) is 5.10 Å². The number of nitrogens with one attached hydrogen (secondary N) is 1. The fraction of sp³-hybridized carbons (Fsp3) is 0.150. The summed E-state index contributed by atoms with van der Waals surface area (Å²) in [6.07, 6.45) is 0. The van der Waals surface area contributed by atoms with Crippen LogP contribution in [0.2, 0.25) is 0 Å². The van der Waals surface area contributed by atoms with Gasteiger partial charge in [-0.15, -0.1) is 0 Å². The first-order chi connectivity index (χ1) is 14.2. The number of esters is 1. The zero-order valence-corrected chi connectivity index (χ0v) is 16.1. The number of hydrogen-bond donors (Lipinski definition) is 1. The zero-order chi connectivity index (χ0) is 21.8. The Bertz CT molecular complexity index is 1120. The minimum absolute atomic E-state index is 0.217. The Morgan fingerprint density at radius 3 is 2.47 bits per heavy atom. The number of nitro benzene ring substituents is 1. The highest BCUT2D eigenvalue weighted by Gasteiger charge is 2.15. The summed E-state index contributed by atoms with van der Waals surface area (Å²) in [6, 6.07) is 11.1. The average Bonchev–Trinajstić information content (AvgIpc) is 3.05. The van der Waals surface area contributed by atoms with E-state index in [1.165, 1.54) is 12.1 Å². The summed E-state index contributed by atoms with van der Waals surface area (Å²) in [5.74, 6) is -2.42. The fourth-order valence-electron chi connectivity index (χ4n) is 2.75. The molecule has 0 fully saturated rings. The van der Waals surface area contributed by atoms with E-state index < -0.39 is 29.2 Å². The predicted octanol–water partition coefficient (Wildman–Crippen LogP) is 3.33. The van der Waals surface area contributed by atoms with Crippen LogP contribution in [0.3, 0.4) is 0 Å². The summed E-state index contributed by atoms with van der Waals surface area (Å²) in [5, 5.41) is 17.2. The van der Waals surface area contributed by atoms with Gasteiger partial charge < -0.3 is 10.1 Å². The van der Waals surface area contributed by atoms with Crippen molar-refractivity contribution in [3.63, 3.8) is 0 Å². The zero-order valence-electron chi connectivity index (χ0n) is 16.1. The highest BCUT2D eigenvalue weighted by atomic mass is 19.1. The van der Waals surface area contributed by atoms with Crippen molar-refractivity contribution < 1.29 is 23.6 Å². The summed E-state index contributed by atoms with van der Waals surface area (Å²) in [5.41, 5.74) is 2.02. The molecule has 1 heterocycles. The molecule has 30 heavy (non-hydrogen) atoms. The van der Waals surface area contributed by atoms with Crippen molar-refractivity contribution in [1.82, 2.24) is 9.78 Å². The Hall–Kier alpha value is -4.08. The molecule has 3 aromatic rings. The molecule has 0 unspecified atom stereocenters. The van der Waals surface area contributed by atoms with E-state index in [9.17, 15) is 24.1 Å². The van der Waals surface area contributed by atoms with Gasteiger partial charge in [0, 0.05) is 17.8 Å². The van der Waals surface area contributed by atoms with Gasteiger partial charge in [-0.05, 0) is 50.2 Å². The van der Waals surface area contributed by atoms with Crippen LogP contribution in [0, 0.1) is 29.8 Å². The van der Waals surface area contributed by atoms with Crippen molar-refractivity contribution >= 4 is 23.3 Å². The lowest BCUT2D eigenvalue weighted by Crippen LogP contribution is -2.21. The molecule has 154 valence electrons. The molecular formula is C20H17FN4O5. The SMILES string of the molecule is Cc1cc(C)n(-c2ccc(C(=O)OCC(=O)Nc3cc([N+](=O)[O-])ccc3F)cc2)n1. The molecule has 2 aromatic carbocycles. The molecule has 0 radical (unpaired) electrons. The maximum atomic E-state index is 13.7. The molecule has 0 aliphatic heterocycles. The third-order valence-corrected chi connectivity index (χ3v) is 4.13. The van der Waals surface area contributed by atoms with Crippen LogP contribution in [-0.2, 0) is 9.53 Å². The number of halogens is 1. The number of carbonyl (C=O) groups is 2. The van der Waals surface area contributed by atoms with Crippen LogP contribution in [0.1, 0.15) is 21.7 Å². The van der Waals surface area contributed by atoms with Gasteiger partial charge in [0.25, 0.3) is 11.6 Å². The van der Waals surface area contributed by atoms with Crippen molar-refractivity contribution in [3.8, 4) is 5.69 Å². The minimum atomic E-state index is -0.847. The number of amides is 1. The molecule has 0 aliphatic carbocycles. The summed E-state index contributed by atoms with van der Waals surface area (Å²) in [4.78, 5) is 34.1. The number of nitro groups is 1. The molecule has 0 saturated carbocycles. The van der Waals surface area contributed by atoms with Gasteiger partial charge in [0.2, 0.25) is 0 Å². The lowest BCUT2D eigenvalue weighted by molar-refractivity contribution is -0.384. The van der Waals surface area contributed by atoms with Crippen molar-refractivity contribution in [2.45, 2.75) is 13.8 Å². The maximum absolute atomic E-state index is 13.7. The highest BCUT2D eigenvalue weighted by Crippen LogP contribution is 2.21. The standard InChI is InChI=1S/C20H17FN4O5/c1-12-9-13(2)24(23-12)15-5-3-14(4-6-15)20(27)30-11-19(26)22-18-10-16(25(28)29)7-8-17(18)21/h3-10H,11H2,1-2H3,(H,22,26). The van der Waals surface area contributed by atoms with Crippen molar-refractivity contribution in [2.75, 3.05) is 11.9 Å². The van der Waals surface area contributed by atoms with E-state index in [1.807, 2.05) is 19.9 Å². The van der Waals surface area contributed by atoms with Crippen molar-refractivity contribution in [2.24, 2.45) is 0 Å². The Labute approximate surface area is 170 Å². The van der Waals surface area contributed by atoms with Gasteiger partial charge in [-0.3, -0.25) is 14.9 Å². The molecular weight excluding hydrogens is 395 g/mol. The second-order valence-electron chi connectivity index (χ2n) is 6.43. The molecule has 10 heteroatoms. The largest absolute Gasteiger partial charge is 0.452 e. The molecule has 3 rings (SSSR count). The lowest BCUT2D eigenvalue weighted by Gasteiger charge is -2.08. The highest BCUT2D eigenvalue weighted by molar-refractivity contribution is 5.95. The predicted molar refractivity (Wildman–Crippen MR) is 105 cm³/mol. The minimum Gasteiger partial charge on any atom is -0.452 e. The number of rotatable bonds is 6. The van der Waals surface area contributed by atoms with E-state index in [0.29, 0.717) is 0 Å². The average molecular weight is 412 g/mol. The van der Waals surface area contributed by atoms with Crippen LogP contribution in [0.15, 0.2) is 48.5 Å². The number of anilines is 1. The van der Waals surface area contributed by atoms with Gasteiger partial charge in [0.1, 0.15) is 5.82 Å². The van der Waals surface area contributed by atoms with Crippen LogP contribution in [0.25, 0.3) is 5.69 Å². The van der Waals surface area contributed by atoms with Gasteiger partial charge in [-0.1, -0.05) is 0 Å². The van der Waals surface area contributed by atoms with E-state index in [-0.39, 0.29) is 16.9 Å². The van der Waals surface area contributed by atoms with E-state index in [2.05, 4.69) is 10.4 Å². The lowest BCUT2D eigenvalue weighted by atomic mass is 10.2. The van der Waals surface area contributed by atoms with E-state index in [1.54, 1.807) is 16.8 Å². The molecule has 1 aromatic heterocycles. The Kier molecular flexibility index (Phi) is 5.86. The summed E-state index contributed by atoms with van der Waals surface area (Å²) in [6.45, 7) is 3.10. The first-order valence-electron chi connectivity index (χ1n) is 8.79. The third-order valence-electron chi connectivity index (χ3n) is 4.13.